The SMILES string of the molecule is CCOC(=O)c1cc(N)ccc1NCC1CCCCS1. The molecule has 2 rings (SSSR count). The van der Waals surface area contributed by atoms with Gasteiger partial charge in [0.1, 0.15) is 0 Å². The van der Waals surface area contributed by atoms with Gasteiger partial charge in [-0.25, -0.2) is 4.79 Å². The number of rotatable bonds is 5. The monoisotopic (exact) mass is 294 g/mol. The molecule has 3 N–H and O–H groups in total. The zero-order valence-electron chi connectivity index (χ0n) is 11.9. The average Bonchev–Trinajstić information content (AvgIpc) is 2.47. The van der Waals surface area contributed by atoms with E-state index in [1.807, 2.05) is 17.8 Å². The smallest absolute Gasteiger partial charge is 0.340 e. The summed E-state index contributed by atoms with van der Waals surface area (Å²) in [5.41, 5.74) is 7.67. The Labute approximate surface area is 124 Å². The third kappa shape index (κ3) is 4.07. The fourth-order valence-corrected chi connectivity index (χ4v) is 3.52. The van der Waals surface area contributed by atoms with Crippen LogP contribution in [-0.4, -0.2) is 30.1 Å². The van der Waals surface area contributed by atoms with Crippen molar-refractivity contribution < 1.29 is 9.53 Å². The normalized spacial score (nSPS) is 18.6. The Kier molecular flexibility index (Phi) is 5.59. The van der Waals surface area contributed by atoms with Crippen LogP contribution >= 0.6 is 11.8 Å². The van der Waals surface area contributed by atoms with Crippen LogP contribution in [0.2, 0.25) is 0 Å². The maximum absolute atomic E-state index is 11.9. The highest BCUT2D eigenvalue weighted by Gasteiger charge is 2.16. The second-order valence-corrected chi connectivity index (χ2v) is 6.30. The number of anilines is 2. The highest BCUT2D eigenvalue weighted by molar-refractivity contribution is 7.99. The molecule has 0 bridgehead atoms. The van der Waals surface area contributed by atoms with E-state index in [1.165, 1.54) is 25.0 Å². The topological polar surface area (TPSA) is 64.3 Å². The van der Waals surface area contributed by atoms with E-state index < -0.39 is 0 Å². The molecule has 1 aromatic rings. The Morgan fingerprint density at radius 2 is 2.35 bits per heavy atom. The fourth-order valence-electron chi connectivity index (χ4n) is 2.29. The summed E-state index contributed by atoms with van der Waals surface area (Å²) in [4.78, 5) is 11.9. The van der Waals surface area contributed by atoms with E-state index in [0.29, 0.717) is 23.1 Å². The van der Waals surface area contributed by atoms with Crippen LogP contribution in [0.5, 0.6) is 0 Å². The molecule has 1 aliphatic rings. The molecule has 1 atom stereocenters. The van der Waals surface area contributed by atoms with Crippen LogP contribution in [0.4, 0.5) is 11.4 Å². The minimum atomic E-state index is -0.321. The molecule has 1 aromatic carbocycles. The lowest BCUT2D eigenvalue weighted by Gasteiger charge is -2.22. The second-order valence-electron chi connectivity index (χ2n) is 4.89. The van der Waals surface area contributed by atoms with E-state index in [2.05, 4.69) is 5.32 Å². The van der Waals surface area contributed by atoms with E-state index >= 15 is 0 Å². The quantitative estimate of drug-likeness (QED) is 0.645. The molecule has 0 aromatic heterocycles. The number of nitrogens with two attached hydrogens (primary N) is 1. The van der Waals surface area contributed by atoms with E-state index in [9.17, 15) is 4.79 Å². The van der Waals surface area contributed by atoms with Crippen molar-refractivity contribution in [2.45, 2.75) is 31.4 Å². The molecule has 5 heteroatoms. The fraction of sp³-hybridized carbons (Fsp3) is 0.533. The number of thioether (sulfide) groups is 1. The van der Waals surface area contributed by atoms with Crippen LogP contribution in [0.25, 0.3) is 0 Å². The van der Waals surface area contributed by atoms with Gasteiger partial charge in [-0.1, -0.05) is 6.42 Å². The molecule has 1 unspecified atom stereocenters. The molecule has 1 aliphatic heterocycles. The van der Waals surface area contributed by atoms with Crippen molar-refractivity contribution in [2.24, 2.45) is 0 Å². The summed E-state index contributed by atoms with van der Waals surface area (Å²) in [6.45, 7) is 3.04. The number of carbonyl (C=O) groups is 1. The van der Waals surface area contributed by atoms with E-state index in [4.69, 9.17) is 10.5 Å². The summed E-state index contributed by atoms with van der Waals surface area (Å²) in [7, 11) is 0. The Morgan fingerprint density at radius 1 is 1.50 bits per heavy atom. The van der Waals surface area contributed by atoms with Gasteiger partial charge in [-0.15, -0.1) is 0 Å². The summed E-state index contributed by atoms with van der Waals surface area (Å²) < 4.78 is 5.08. The number of nitrogens with one attached hydrogen (secondary N) is 1. The summed E-state index contributed by atoms with van der Waals surface area (Å²) in [6, 6.07) is 5.34. The molecule has 110 valence electrons. The highest BCUT2D eigenvalue weighted by Crippen LogP contribution is 2.26. The van der Waals surface area contributed by atoms with E-state index in [-0.39, 0.29) is 5.97 Å². The number of benzene rings is 1. The number of ether oxygens (including phenoxy) is 1. The summed E-state index contributed by atoms with van der Waals surface area (Å²) in [6.07, 6.45) is 3.85. The lowest BCUT2D eigenvalue weighted by molar-refractivity contribution is 0.0527. The van der Waals surface area contributed by atoms with Crippen LogP contribution in [0, 0.1) is 0 Å². The van der Waals surface area contributed by atoms with Gasteiger partial charge in [0.05, 0.1) is 12.2 Å². The molecule has 4 nitrogen and oxygen atoms in total. The van der Waals surface area contributed by atoms with Crippen LogP contribution < -0.4 is 11.1 Å². The number of esters is 1. The largest absolute Gasteiger partial charge is 0.462 e. The number of carbonyl (C=O) groups excluding carboxylic acids is 1. The number of hydrogen-bond donors (Lipinski definition) is 2. The molecule has 0 aliphatic carbocycles. The molecule has 0 saturated carbocycles. The van der Waals surface area contributed by atoms with Gasteiger partial charge in [0.2, 0.25) is 0 Å². The van der Waals surface area contributed by atoms with Gasteiger partial charge in [0.15, 0.2) is 0 Å². The lowest BCUT2D eigenvalue weighted by Crippen LogP contribution is -2.21. The first kappa shape index (κ1) is 15.0. The van der Waals surface area contributed by atoms with Gasteiger partial charge in [0.25, 0.3) is 0 Å². The minimum Gasteiger partial charge on any atom is -0.462 e. The Morgan fingerprint density at radius 3 is 3.05 bits per heavy atom. The predicted octanol–water partition coefficient (Wildman–Crippen LogP) is 3.14. The van der Waals surface area contributed by atoms with Crippen LogP contribution in [-0.2, 0) is 4.74 Å². The summed E-state index contributed by atoms with van der Waals surface area (Å²) in [5.74, 6) is 0.914. The Hall–Kier alpha value is -1.36. The van der Waals surface area contributed by atoms with Crippen LogP contribution in [0.3, 0.4) is 0 Å². The van der Waals surface area contributed by atoms with Crippen molar-refractivity contribution in [3.8, 4) is 0 Å². The van der Waals surface area contributed by atoms with E-state index in [0.717, 1.165) is 12.2 Å². The van der Waals surface area contributed by atoms with Gasteiger partial charge >= 0.3 is 5.97 Å². The maximum Gasteiger partial charge on any atom is 0.340 e. The van der Waals surface area contributed by atoms with Gasteiger partial charge in [-0.3, -0.25) is 0 Å². The van der Waals surface area contributed by atoms with Crippen LogP contribution in [0.1, 0.15) is 36.5 Å². The first-order chi connectivity index (χ1) is 9.70. The molecular formula is C15H22N2O2S. The molecule has 0 spiro atoms. The number of hydrogen-bond acceptors (Lipinski definition) is 5. The molecule has 20 heavy (non-hydrogen) atoms. The number of nitrogen functional groups attached to an aromatic ring is 1. The van der Waals surface area contributed by atoms with E-state index in [1.54, 1.807) is 19.1 Å². The first-order valence-electron chi connectivity index (χ1n) is 7.13. The van der Waals surface area contributed by atoms with Gasteiger partial charge in [-0.2, -0.15) is 11.8 Å². The van der Waals surface area contributed by atoms with Crippen molar-refractivity contribution >= 4 is 29.1 Å². The van der Waals surface area contributed by atoms with Crippen molar-refractivity contribution in [3.05, 3.63) is 23.8 Å². The molecule has 1 saturated heterocycles. The van der Waals surface area contributed by atoms with Crippen molar-refractivity contribution in [2.75, 3.05) is 30.0 Å². The third-order valence-corrected chi connectivity index (χ3v) is 4.73. The summed E-state index contributed by atoms with van der Waals surface area (Å²) in [5, 5.41) is 3.99. The first-order valence-corrected chi connectivity index (χ1v) is 8.17. The Bertz CT molecular complexity index is 459. The maximum atomic E-state index is 11.9. The van der Waals surface area contributed by atoms with Crippen LogP contribution in [0.15, 0.2) is 18.2 Å². The zero-order valence-corrected chi connectivity index (χ0v) is 12.7. The highest BCUT2D eigenvalue weighted by atomic mass is 32.2. The Balaban J connectivity index is 2.03. The van der Waals surface area contributed by atoms with Crippen molar-refractivity contribution in [3.63, 3.8) is 0 Å². The van der Waals surface area contributed by atoms with Gasteiger partial charge in [0, 0.05) is 23.2 Å². The van der Waals surface area contributed by atoms with Crippen molar-refractivity contribution in [1.82, 2.24) is 0 Å². The molecule has 0 amide bonds. The second kappa shape index (κ2) is 7.43. The molecule has 1 fully saturated rings. The molecule has 0 radical (unpaired) electrons. The lowest BCUT2D eigenvalue weighted by atomic mass is 10.1. The average molecular weight is 294 g/mol. The van der Waals surface area contributed by atoms with Crippen molar-refractivity contribution in [1.29, 1.82) is 0 Å². The minimum absolute atomic E-state index is 0.321. The summed E-state index contributed by atoms with van der Waals surface area (Å²) >= 11 is 2.01. The molecular weight excluding hydrogens is 272 g/mol. The standard InChI is InChI=1S/C15H22N2O2S/c1-2-19-15(18)13-9-11(16)6-7-14(13)17-10-12-5-3-4-8-20-12/h6-7,9,12,17H,2-5,8,10,16H2,1H3. The van der Waals surface area contributed by atoms with Gasteiger partial charge < -0.3 is 15.8 Å². The third-order valence-electron chi connectivity index (χ3n) is 3.33. The molecule has 1 heterocycles. The zero-order chi connectivity index (χ0) is 14.4. The van der Waals surface area contributed by atoms with Gasteiger partial charge in [-0.05, 0) is 43.7 Å². The predicted molar refractivity (Wildman–Crippen MR) is 85.4 cm³/mol.